The summed E-state index contributed by atoms with van der Waals surface area (Å²) in [6.07, 6.45) is 5.30. The van der Waals surface area contributed by atoms with Gasteiger partial charge in [0.1, 0.15) is 11.5 Å². The van der Waals surface area contributed by atoms with Crippen LogP contribution in [-0.4, -0.2) is 42.4 Å². The molecule has 1 N–H and O–H groups in total. The molecule has 1 amide bonds. The highest BCUT2D eigenvalue weighted by molar-refractivity contribution is 7.98. The largest absolute Gasteiger partial charge is 0.457 e. The summed E-state index contributed by atoms with van der Waals surface area (Å²) in [7, 11) is 0. The Hall–Kier alpha value is -2.45. The Morgan fingerprint density at radius 2 is 1.91 bits per heavy atom. The van der Waals surface area contributed by atoms with Crippen LogP contribution >= 0.6 is 11.8 Å². The van der Waals surface area contributed by atoms with Gasteiger partial charge in [-0.2, -0.15) is 24.9 Å². The fraction of sp³-hybridized carbons (Fsp3) is 0.444. The van der Waals surface area contributed by atoms with Crippen molar-refractivity contribution in [3.05, 3.63) is 64.7 Å². The molecule has 2 aromatic carbocycles. The van der Waals surface area contributed by atoms with Gasteiger partial charge in [0.25, 0.3) is 0 Å². The van der Waals surface area contributed by atoms with Crippen molar-refractivity contribution in [3.8, 4) is 11.5 Å². The normalized spacial score (nSPS) is 17.0. The van der Waals surface area contributed by atoms with Gasteiger partial charge in [0, 0.05) is 30.8 Å². The van der Waals surface area contributed by atoms with Crippen molar-refractivity contribution in [3.63, 3.8) is 0 Å². The molecular formula is C27H31F3N2O2S. The van der Waals surface area contributed by atoms with Crippen LogP contribution in [0.2, 0.25) is 0 Å². The number of fused-ring (bicyclic) bond motifs is 1. The molecule has 0 aliphatic carbocycles. The van der Waals surface area contributed by atoms with E-state index >= 15 is 0 Å². The van der Waals surface area contributed by atoms with Crippen LogP contribution in [0.15, 0.2) is 42.5 Å². The SMILES string of the molecule is CSCCC(=O)N1CCc2ccc(Oc3ccc(C(F)(F)F)cc3)c(/C=C/C3CCNCC3)c2C1. The average molecular weight is 505 g/mol. The van der Waals surface area contributed by atoms with Crippen LogP contribution in [-0.2, 0) is 23.9 Å². The Morgan fingerprint density at radius 1 is 1.17 bits per heavy atom. The second kappa shape index (κ2) is 11.5. The first-order valence-corrected chi connectivity index (χ1v) is 13.4. The molecule has 2 heterocycles. The van der Waals surface area contributed by atoms with Crippen molar-refractivity contribution >= 4 is 23.7 Å². The van der Waals surface area contributed by atoms with Gasteiger partial charge in [-0.05, 0) is 86.0 Å². The minimum absolute atomic E-state index is 0.146. The molecule has 2 aromatic rings. The van der Waals surface area contributed by atoms with Crippen molar-refractivity contribution in [2.75, 3.05) is 31.6 Å². The Kier molecular flexibility index (Phi) is 8.44. The van der Waals surface area contributed by atoms with Gasteiger partial charge in [0.05, 0.1) is 5.56 Å². The number of benzene rings is 2. The van der Waals surface area contributed by atoms with Gasteiger partial charge in [-0.15, -0.1) is 0 Å². The molecule has 35 heavy (non-hydrogen) atoms. The first-order valence-electron chi connectivity index (χ1n) is 12.0. The summed E-state index contributed by atoms with van der Waals surface area (Å²) in [6, 6.07) is 8.67. The van der Waals surface area contributed by atoms with Crippen LogP contribution in [0.1, 0.15) is 41.5 Å². The average Bonchev–Trinajstić information content (AvgIpc) is 2.86. The van der Waals surface area contributed by atoms with Gasteiger partial charge in [-0.25, -0.2) is 0 Å². The maximum Gasteiger partial charge on any atom is 0.416 e. The molecule has 1 fully saturated rings. The van der Waals surface area contributed by atoms with Crippen molar-refractivity contribution in [2.45, 2.75) is 38.4 Å². The third kappa shape index (κ3) is 6.61. The van der Waals surface area contributed by atoms with Crippen LogP contribution in [0, 0.1) is 5.92 Å². The molecule has 4 nitrogen and oxygen atoms in total. The van der Waals surface area contributed by atoms with Crippen molar-refractivity contribution < 1.29 is 22.7 Å². The van der Waals surface area contributed by atoms with Crippen molar-refractivity contribution in [2.24, 2.45) is 5.92 Å². The van der Waals surface area contributed by atoms with Gasteiger partial charge in [-0.1, -0.05) is 18.2 Å². The molecule has 0 bridgehead atoms. The summed E-state index contributed by atoms with van der Waals surface area (Å²) in [5.74, 6) is 2.33. The highest BCUT2D eigenvalue weighted by atomic mass is 32.2. The van der Waals surface area contributed by atoms with E-state index in [4.69, 9.17) is 4.74 Å². The van der Waals surface area contributed by atoms with Gasteiger partial charge < -0.3 is 15.0 Å². The predicted octanol–water partition coefficient (Wildman–Crippen LogP) is 6.15. The van der Waals surface area contributed by atoms with Crippen LogP contribution in [0.3, 0.4) is 0 Å². The molecule has 4 rings (SSSR count). The second-order valence-corrected chi connectivity index (χ2v) is 9.98. The standard InChI is InChI=1S/C27H31F3N2O2S/c1-35-17-13-26(33)32-16-12-20-3-9-25(34-22-6-4-21(5-7-22)27(28,29)30)23(24(20)18-32)8-2-19-10-14-31-15-11-19/h2-9,19,31H,10-18H2,1H3/b8-2+. The third-order valence-electron chi connectivity index (χ3n) is 6.62. The quantitative estimate of drug-likeness (QED) is 0.491. The molecule has 0 unspecified atom stereocenters. The van der Waals surface area contributed by atoms with Gasteiger partial charge >= 0.3 is 6.18 Å². The number of allylic oxidation sites excluding steroid dienone is 1. The maximum absolute atomic E-state index is 13.0. The number of rotatable bonds is 7. The van der Waals surface area contributed by atoms with Crippen LogP contribution in [0.4, 0.5) is 13.2 Å². The van der Waals surface area contributed by atoms with Crippen molar-refractivity contribution in [1.29, 1.82) is 0 Å². The summed E-state index contributed by atoms with van der Waals surface area (Å²) in [4.78, 5) is 14.6. The van der Waals surface area contributed by atoms with E-state index < -0.39 is 11.7 Å². The highest BCUT2D eigenvalue weighted by Crippen LogP contribution is 2.36. The van der Waals surface area contributed by atoms with E-state index in [0.29, 0.717) is 36.9 Å². The van der Waals surface area contributed by atoms with E-state index in [0.717, 1.165) is 61.4 Å². The summed E-state index contributed by atoms with van der Waals surface area (Å²) < 4.78 is 45.0. The Morgan fingerprint density at radius 3 is 2.60 bits per heavy atom. The van der Waals surface area contributed by atoms with E-state index in [1.807, 2.05) is 23.3 Å². The van der Waals surface area contributed by atoms with E-state index in [1.54, 1.807) is 11.8 Å². The fourth-order valence-electron chi connectivity index (χ4n) is 4.57. The predicted molar refractivity (Wildman–Crippen MR) is 135 cm³/mol. The lowest BCUT2D eigenvalue weighted by atomic mass is 9.91. The minimum atomic E-state index is -4.39. The number of piperidine rings is 1. The first-order chi connectivity index (χ1) is 16.8. The molecule has 1 saturated heterocycles. The van der Waals surface area contributed by atoms with Crippen molar-refractivity contribution in [1.82, 2.24) is 10.2 Å². The van der Waals surface area contributed by atoms with Gasteiger partial charge in [-0.3, -0.25) is 4.79 Å². The number of carbonyl (C=O) groups is 1. The summed E-state index contributed by atoms with van der Waals surface area (Å²) in [5.41, 5.74) is 2.44. The summed E-state index contributed by atoms with van der Waals surface area (Å²) in [5, 5.41) is 3.37. The monoisotopic (exact) mass is 504 g/mol. The zero-order valence-corrected chi connectivity index (χ0v) is 20.7. The summed E-state index contributed by atoms with van der Waals surface area (Å²) >= 11 is 1.66. The zero-order valence-electron chi connectivity index (χ0n) is 19.9. The lowest BCUT2D eigenvalue weighted by Gasteiger charge is -2.31. The van der Waals surface area contributed by atoms with E-state index in [-0.39, 0.29) is 5.91 Å². The first kappa shape index (κ1) is 25.6. The maximum atomic E-state index is 13.0. The molecule has 0 saturated carbocycles. The Labute approximate surface area is 208 Å². The van der Waals surface area contributed by atoms with Crippen LogP contribution in [0.5, 0.6) is 11.5 Å². The third-order valence-corrected chi connectivity index (χ3v) is 7.23. The number of amides is 1. The van der Waals surface area contributed by atoms with E-state index in [2.05, 4.69) is 17.5 Å². The zero-order chi connectivity index (χ0) is 24.8. The van der Waals surface area contributed by atoms with E-state index in [1.165, 1.54) is 17.7 Å². The lowest BCUT2D eigenvalue weighted by molar-refractivity contribution is -0.137. The number of carbonyl (C=O) groups excluding carboxylic acids is 1. The van der Waals surface area contributed by atoms with Gasteiger partial charge in [0.15, 0.2) is 0 Å². The molecule has 8 heteroatoms. The topological polar surface area (TPSA) is 41.6 Å². The molecular weight excluding hydrogens is 473 g/mol. The lowest BCUT2D eigenvalue weighted by Crippen LogP contribution is -2.36. The smallest absolute Gasteiger partial charge is 0.416 e. The minimum Gasteiger partial charge on any atom is -0.457 e. The highest BCUT2D eigenvalue weighted by Gasteiger charge is 2.30. The molecule has 0 aromatic heterocycles. The number of thioether (sulfide) groups is 1. The number of nitrogens with one attached hydrogen (secondary N) is 1. The number of hydrogen-bond acceptors (Lipinski definition) is 4. The Balaban J connectivity index is 1.64. The molecule has 188 valence electrons. The second-order valence-electron chi connectivity index (χ2n) is 8.99. The number of nitrogens with zero attached hydrogens (tertiary/aromatic N) is 1. The molecule has 2 aliphatic rings. The summed E-state index contributed by atoms with van der Waals surface area (Å²) in [6.45, 7) is 3.17. The number of halogens is 3. The molecule has 0 radical (unpaired) electrons. The molecule has 0 atom stereocenters. The molecule has 2 aliphatic heterocycles. The number of hydrogen-bond donors (Lipinski definition) is 1. The number of ether oxygens (including phenoxy) is 1. The van der Waals surface area contributed by atoms with Gasteiger partial charge in [0.2, 0.25) is 5.91 Å². The number of alkyl halides is 3. The fourth-order valence-corrected chi connectivity index (χ4v) is 4.95. The Bertz CT molecular complexity index is 1050. The van der Waals surface area contributed by atoms with E-state index in [9.17, 15) is 18.0 Å². The van der Waals surface area contributed by atoms with Crippen LogP contribution < -0.4 is 10.1 Å². The molecule has 0 spiro atoms. The van der Waals surface area contributed by atoms with Crippen LogP contribution in [0.25, 0.3) is 6.08 Å².